The number of likely N-dealkylation sites (N-methyl/N-ethyl adjacent to an activating group) is 1. The number of amides is 1. The summed E-state index contributed by atoms with van der Waals surface area (Å²) in [5.41, 5.74) is 11.1. The predicted molar refractivity (Wildman–Crippen MR) is 64.9 cm³/mol. The van der Waals surface area contributed by atoms with Gasteiger partial charge in [0.05, 0.1) is 0 Å². The van der Waals surface area contributed by atoms with E-state index in [1.807, 2.05) is 0 Å². The summed E-state index contributed by atoms with van der Waals surface area (Å²) in [4.78, 5) is 15.6. The molecule has 1 fully saturated rings. The smallest absolute Gasteiger partial charge is 0.219 e. The van der Waals surface area contributed by atoms with E-state index in [0.29, 0.717) is 13.0 Å². The van der Waals surface area contributed by atoms with Gasteiger partial charge in [0.1, 0.15) is 0 Å². The van der Waals surface area contributed by atoms with Crippen molar-refractivity contribution in [1.82, 2.24) is 9.80 Å². The van der Waals surface area contributed by atoms with Crippen LogP contribution < -0.4 is 11.5 Å². The molecule has 1 atom stereocenters. The number of nitrogens with two attached hydrogens (primary N) is 2. The van der Waals surface area contributed by atoms with Crippen molar-refractivity contribution in [3.63, 3.8) is 0 Å². The van der Waals surface area contributed by atoms with Gasteiger partial charge in [-0.1, -0.05) is 0 Å². The Labute approximate surface area is 97.7 Å². The maximum Gasteiger partial charge on any atom is 0.219 e. The fourth-order valence-corrected chi connectivity index (χ4v) is 2.18. The monoisotopic (exact) mass is 228 g/mol. The van der Waals surface area contributed by atoms with Gasteiger partial charge in [-0.15, -0.1) is 0 Å². The van der Waals surface area contributed by atoms with Crippen LogP contribution in [0.25, 0.3) is 0 Å². The second-order valence-electron chi connectivity index (χ2n) is 5.26. The molecule has 4 N–H and O–H groups in total. The number of piperazine rings is 1. The molecule has 1 aliphatic rings. The summed E-state index contributed by atoms with van der Waals surface area (Å²) >= 11 is 0. The van der Waals surface area contributed by atoms with Gasteiger partial charge in [-0.2, -0.15) is 0 Å². The Morgan fingerprint density at radius 1 is 1.44 bits per heavy atom. The minimum Gasteiger partial charge on any atom is -0.370 e. The highest BCUT2D eigenvalue weighted by atomic mass is 16.1. The zero-order valence-corrected chi connectivity index (χ0v) is 10.6. The lowest BCUT2D eigenvalue weighted by molar-refractivity contribution is -0.119. The van der Waals surface area contributed by atoms with Crippen LogP contribution in [0.2, 0.25) is 0 Å². The van der Waals surface area contributed by atoms with Gasteiger partial charge < -0.3 is 11.5 Å². The Morgan fingerprint density at radius 3 is 2.50 bits per heavy atom. The molecular formula is C11H24N4O. The minimum atomic E-state index is -0.271. The van der Waals surface area contributed by atoms with E-state index in [1.54, 1.807) is 0 Å². The van der Waals surface area contributed by atoms with Crippen LogP contribution in [0.15, 0.2) is 0 Å². The third kappa shape index (κ3) is 3.17. The molecule has 1 amide bonds. The molecule has 0 radical (unpaired) electrons. The molecule has 1 rings (SSSR count). The van der Waals surface area contributed by atoms with Crippen LogP contribution in [0, 0.1) is 0 Å². The largest absolute Gasteiger partial charge is 0.370 e. The van der Waals surface area contributed by atoms with Crippen molar-refractivity contribution in [3.8, 4) is 0 Å². The summed E-state index contributed by atoms with van der Waals surface area (Å²) in [5.74, 6) is -0.271. The number of hydrogen-bond acceptors (Lipinski definition) is 4. The quantitative estimate of drug-likeness (QED) is 0.661. The molecule has 0 aromatic rings. The van der Waals surface area contributed by atoms with E-state index < -0.39 is 0 Å². The molecule has 94 valence electrons. The second-order valence-corrected chi connectivity index (χ2v) is 5.26. The van der Waals surface area contributed by atoms with Crippen molar-refractivity contribution in [3.05, 3.63) is 0 Å². The fourth-order valence-electron chi connectivity index (χ4n) is 2.18. The van der Waals surface area contributed by atoms with Crippen molar-refractivity contribution in [2.45, 2.75) is 31.8 Å². The van der Waals surface area contributed by atoms with Gasteiger partial charge >= 0.3 is 0 Å². The van der Waals surface area contributed by atoms with Gasteiger partial charge in [0, 0.05) is 44.2 Å². The van der Waals surface area contributed by atoms with Crippen LogP contribution in [0.1, 0.15) is 20.3 Å². The number of nitrogens with zero attached hydrogens (tertiary/aromatic N) is 2. The van der Waals surface area contributed by atoms with Crippen molar-refractivity contribution < 1.29 is 4.79 Å². The molecule has 16 heavy (non-hydrogen) atoms. The maximum atomic E-state index is 11.0. The molecule has 5 nitrogen and oxygen atoms in total. The van der Waals surface area contributed by atoms with E-state index in [1.165, 1.54) is 0 Å². The van der Waals surface area contributed by atoms with E-state index >= 15 is 0 Å². The number of carbonyl (C=O) groups is 1. The first-order chi connectivity index (χ1) is 7.36. The average molecular weight is 228 g/mol. The van der Waals surface area contributed by atoms with Gasteiger partial charge in [0.2, 0.25) is 5.91 Å². The molecule has 0 saturated carbocycles. The zero-order valence-electron chi connectivity index (χ0n) is 10.6. The van der Waals surface area contributed by atoms with Crippen molar-refractivity contribution in [1.29, 1.82) is 0 Å². The van der Waals surface area contributed by atoms with E-state index in [2.05, 4.69) is 30.7 Å². The van der Waals surface area contributed by atoms with Crippen LogP contribution in [-0.4, -0.2) is 60.5 Å². The summed E-state index contributed by atoms with van der Waals surface area (Å²) < 4.78 is 0. The molecule has 0 aliphatic carbocycles. The zero-order chi connectivity index (χ0) is 12.3. The van der Waals surface area contributed by atoms with Gasteiger partial charge in [-0.05, 0) is 20.9 Å². The summed E-state index contributed by atoms with van der Waals surface area (Å²) in [5, 5.41) is 0. The predicted octanol–water partition coefficient (Wildman–Crippen LogP) is -0.785. The SMILES string of the molecule is CN1CCN(C(CN)CC(N)=O)CC1(C)C. The molecule has 1 aliphatic heterocycles. The highest BCUT2D eigenvalue weighted by Crippen LogP contribution is 2.21. The summed E-state index contributed by atoms with van der Waals surface area (Å²) in [7, 11) is 2.13. The van der Waals surface area contributed by atoms with E-state index in [4.69, 9.17) is 11.5 Å². The van der Waals surface area contributed by atoms with Crippen LogP contribution in [0.5, 0.6) is 0 Å². The molecule has 1 saturated heterocycles. The maximum absolute atomic E-state index is 11.0. The average Bonchev–Trinajstić information content (AvgIpc) is 2.18. The topological polar surface area (TPSA) is 75.6 Å². The molecule has 0 aromatic carbocycles. The van der Waals surface area contributed by atoms with E-state index in [0.717, 1.165) is 19.6 Å². The van der Waals surface area contributed by atoms with Gasteiger partial charge in [-0.3, -0.25) is 14.6 Å². The molecule has 1 unspecified atom stereocenters. The first kappa shape index (κ1) is 13.4. The lowest BCUT2D eigenvalue weighted by atomic mass is 9.97. The molecule has 5 heteroatoms. The second kappa shape index (κ2) is 5.12. The van der Waals surface area contributed by atoms with Gasteiger partial charge in [0.15, 0.2) is 0 Å². The third-order valence-electron chi connectivity index (χ3n) is 3.57. The molecule has 1 heterocycles. The highest BCUT2D eigenvalue weighted by molar-refractivity contribution is 5.74. The molecule has 0 bridgehead atoms. The summed E-state index contributed by atoms with van der Waals surface area (Å²) in [6, 6.07) is 0.0884. The first-order valence-electron chi connectivity index (χ1n) is 5.80. The Kier molecular flexibility index (Phi) is 4.29. The van der Waals surface area contributed by atoms with Crippen LogP contribution in [0.4, 0.5) is 0 Å². The number of rotatable bonds is 4. The lowest BCUT2D eigenvalue weighted by Gasteiger charge is -2.47. The Hall–Kier alpha value is -0.650. The van der Waals surface area contributed by atoms with Crippen molar-refractivity contribution >= 4 is 5.91 Å². The number of carbonyl (C=O) groups excluding carboxylic acids is 1. The van der Waals surface area contributed by atoms with Gasteiger partial charge in [-0.25, -0.2) is 0 Å². The lowest BCUT2D eigenvalue weighted by Crippen LogP contribution is -2.61. The van der Waals surface area contributed by atoms with Crippen LogP contribution in [0.3, 0.4) is 0 Å². The van der Waals surface area contributed by atoms with Crippen molar-refractivity contribution in [2.24, 2.45) is 11.5 Å². The molecule has 0 spiro atoms. The molecular weight excluding hydrogens is 204 g/mol. The highest BCUT2D eigenvalue weighted by Gasteiger charge is 2.34. The summed E-state index contributed by atoms with van der Waals surface area (Å²) in [6.45, 7) is 7.78. The first-order valence-corrected chi connectivity index (χ1v) is 5.80. The number of primary amides is 1. The van der Waals surface area contributed by atoms with Crippen LogP contribution >= 0.6 is 0 Å². The summed E-state index contributed by atoms with van der Waals surface area (Å²) in [6.07, 6.45) is 0.357. The van der Waals surface area contributed by atoms with Crippen molar-refractivity contribution in [2.75, 3.05) is 33.2 Å². The van der Waals surface area contributed by atoms with E-state index in [9.17, 15) is 4.79 Å². The number of hydrogen-bond donors (Lipinski definition) is 2. The fraction of sp³-hybridized carbons (Fsp3) is 0.909. The third-order valence-corrected chi connectivity index (χ3v) is 3.57. The van der Waals surface area contributed by atoms with Gasteiger partial charge in [0.25, 0.3) is 0 Å². The van der Waals surface area contributed by atoms with Crippen LogP contribution in [-0.2, 0) is 4.79 Å². The molecule has 0 aromatic heterocycles. The minimum absolute atomic E-state index is 0.0884. The Balaban J connectivity index is 2.62. The Bertz CT molecular complexity index is 254. The van der Waals surface area contributed by atoms with E-state index in [-0.39, 0.29) is 17.5 Å². The Morgan fingerprint density at radius 2 is 2.06 bits per heavy atom. The standard InChI is InChI=1S/C11H24N4O/c1-11(2)8-15(5-4-14(11)3)9(7-12)6-10(13)16/h9H,4-8,12H2,1-3H3,(H2,13,16). The normalized spacial score (nSPS) is 24.2.